The molecule has 3 aromatic rings. The molecule has 0 aliphatic carbocycles. The average molecular weight is 359 g/mol. The van der Waals surface area contributed by atoms with Crippen LogP contribution in [0.25, 0.3) is 11.1 Å². The van der Waals surface area contributed by atoms with Crippen molar-refractivity contribution in [1.82, 2.24) is 9.97 Å². The lowest BCUT2D eigenvalue weighted by Gasteiger charge is -2.12. The van der Waals surface area contributed by atoms with E-state index in [4.69, 9.17) is 0 Å². The van der Waals surface area contributed by atoms with E-state index in [1.807, 2.05) is 6.92 Å². The zero-order valence-corrected chi connectivity index (χ0v) is 14.7. The second kappa shape index (κ2) is 6.68. The highest BCUT2D eigenvalue weighted by Gasteiger charge is 2.17. The molecule has 0 spiro atoms. The summed E-state index contributed by atoms with van der Waals surface area (Å²) in [6.07, 6.45) is 0. The largest absolute Gasteiger partial charge is 0.304 e. The summed E-state index contributed by atoms with van der Waals surface area (Å²) in [7, 11) is 0. The van der Waals surface area contributed by atoms with Gasteiger partial charge in [0.15, 0.2) is 0 Å². The number of carbonyl (C=O) groups excluding carboxylic acids is 1. The van der Waals surface area contributed by atoms with Crippen LogP contribution in [0.2, 0.25) is 0 Å². The van der Waals surface area contributed by atoms with Gasteiger partial charge in [-0.1, -0.05) is 0 Å². The molecule has 0 aliphatic rings. The number of carbonyl (C=O) groups is 1. The quantitative estimate of drug-likeness (QED) is 0.740. The highest BCUT2D eigenvalue weighted by molar-refractivity contribution is 7.09. The molecule has 0 saturated carbocycles. The topological polar surface area (TPSA) is 54.9 Å². The molecule has 4 nitrogen and oxygen atoms in total. The zero-order chi connectivity index (χ0) is 18.1. The van der Waals surface area contributed by atoms with Crippen LogP contribution in [0.15, 0.2) is 29.6 Å². The molecule has 2 aromatic heterocycles. The lowest BCUT2D eigenvalue weighted by atomic mass is 9.98. The number of pyridine rings is 1. The second-order valence-electron chi connectivity index (χ2n) is 5.65. The maximum absolute atomic E-state index is 13.6. The molecule has 1 N–H and O–H groups in total. The van der Waals surface area contributed by atoms with Crippen LogP contribution in [-0.2, 0) is 0 Å². The number of hydrogen-bond donors (Lipinski definition) is 1. The van der Waals surface area contributed by atoms with E-state index < -0.39 is 17.5 Å². The number of nitrogens with one attached hydrogen (secondary N) is 1. The van der Waals surface area contributed by atoms with Crippen LogP contribution in [0.3, 0.4) is 0 Å². The fraction of sp³-hybridized carbons (Fsp3) is 0.167. The predicted octanol–water partition coefficient (Wildman–Crippen LogP) is 4.66. The standard InChI is InChI=1S/C18H15F2N3OS/c1-9-4-15(12-5-13(19)7-14(20)6-12)10(2)17(21-9)18(24)23-16-8-25-11(3)22-16/h4-8H,1-3H3,(H,23,24). The van der Waals surface area contributed by atoms with Crippen molar-refractivity contribution >= 4 is 23.1 Å². The third kappa shape index (κ3) is 3.71. The Morgan fingerprint density at radius 3 is 2.32 bits per heavy atom. The number of aromatic nitrogens is 2. The van der Waals surface area contributed by atoms with Crippen molar-refractivity contribution in [2.24, 2.45) is 0 Å². The Labute approximate surface area is 147 Å². The van der Waals surface area contributed by atoms with Crippen LogP contribution in [0.4, 0.5) is 14.6 Å². The van der Waals surface area contributed by atoms with E-state index in [9.17, 15) is 13.6 Å². The van der Waals surface area contributed by atoms with Crippen LogP contribution < -0.4 is 5.32 Å². The minimum absolute atomic E-state index is 0.199. The predicted molar refractivity (Wildman–Crippen MR) is 93.9 cm³/mol. The molecule has 2 heterocycles. The van der Waals surface area contributed by atoms with Gasteiger partial charge in [-0.25, -0.2) is 18.7 Å². The summed E-state index contributed by atoms with van der Waals surface area (Å²) in [5.74, 6) is -1.31. The normalized spacial score (nSPS) is 10.8. The molecule has 1 aromatic carbocycles. The fourth-order valence-electron chi connectivity index (χ4n) is 2.56. The Morgan fingerprint density at radius 2 is 1.72 bits per heavy atom. The van der Waals surface area contributed by atoms with Gasteiger partial charge in [0.25, 0.3) is 5.91 Å². The van der Waals surface area contributed by atoms with Gasteiger partial charge in [0.2, 0.25) is 0 Å². The summed E-state index contributed by atoms with van der Waals surface area (Å²) < 4.78 is 27.1. The first-order chi connectivity index (χ1) is 11.8. The first-order valence-corrected chi connectivity index (χ1v) is 8.39. The molecule has 0 bridgehead atoms. The van der Waals surface area contributed by atoms with Crippen molar-refractivity contribution in [3.63, 3.8) is 0 Å². The number of hydrogen-bond acceptors (Lipinski definition) is 4. The first kappa shape index (κ1) is 17.2. The Morgan fingerprint density at radius 1 is 1.04 bits per heavy atom. The maximum Gasteiger partial charge on any atom is 0.275 e. The molecule has 3 rings (SSSR count). The minimum Gasteiger partial charge on any atom is -0.304 e. The van der Waals surface area contributed by atoms with Gasteiger partial charge in [-0.3, -0.25) is 4.79 Å². The van der Waals surface area contributed by atoms with E-state index in [1.165, 1.54) is 23.5 Å². The van der Waals surface area contributed by atoms with Crippen molar-refractivity contribution in [2.75, 3.05) is 5.32 Å². The summed E-state index contributed by atoms with van der Waals surface area (Å²) in [5, 5.41) is 5.27. The van der Waals surface area contributed by atoms with Gasteiger partial charge in [-0.2, -0.15) is 0 Å². The van der Waals surface area contributed by atoms with E-state index in [1.54, 1.807) is 25.3 Å². The third-order valence-electron chi connectivity index (χ3n) is 3.65. The van der Waals surface area contributed by atoms with Crippen LogP contribution in [0.5, 0.6) is 0 Å². The molecule has 0 atom stereocenters. The highest BCUT2D eigenvalue weighted by Crippen LogP contribution is 2.28. The molecule has 7 heteroatoms. The number of nitrogens with zero attached hydrogens (tertiary/aromatic N) is 2. The molecule has 0 fully saturated rings. The summed E-state index contributed by atoms with van der Waals surface area (Å²) in [5.41, 5.74) is 2.24. The third-order valence-corrected chi connectivity index (χ3v) is 4.42. The Bertz CT molecular complexity index is 949. The van der Waals surface area contributed by atoms with Gasteiger partial charge in [0, 0.05) is 17.1 Å². The second-order valence-corrected chi connectivity index (χ2v) is 6.71. The molecule has 0 aliphatic heterocycles. The number of rotatable bonds is 3. The zero-order valence-electron chi connectivity index (χ0n) is 13.9. The molecule has 25 heavy (non-hydrogen) atoms. The van der Waals surface area contributed by atoms with Crippen molar-refractivity contribution < 1.29 is 13.6 Å². The molecule has 0 unspecified atom stereocenters. The van der Waals surface area contributed by atoms with Gasteiger partial charge in [0.1, 0.15) is 23.1 Å². The summed E-state index contributed by atoms with van der Waals surface area (Å²) in [4.78, 5) is 21.0. The molecule has 128 valence electrons. The Balaban J connectivity index is 2.03. The monoisotopic (exact) mass is 359 g/mol. The minimum atomic E-state index is -0.673. The Hall–Kier alpha value is -2.67. The number of anilines is 1. The average Bonchev–Trinajstić information content (AvgIpc) is 2.93. The number of aryl methyl sites for hydroxylation is 2. The summed E-state index contributed by atoms with van der Waals surface area (Å²) in [6, 6.07) is 4.98. The van der Waals surface area contributed by atoms with E-state index >= 15 is 0 Å². The fourth-order valence-corrected chi connectivity index (χ4v) is 3.11. The van der Waals surface area contributed by atoms with Gasteiger partial charge < -0.3 is 5.32 Å². The summed E-state index contributed by atoms with van der Waals surface area (Å²) >= 11 is 1.42. The summed E-state index contributed by atoms with van der Waals surface area (Å²) in [6.45, 7) is 5.27. The maximum atomic E-state index is 13.6. The van der Waals surface area contributed by atoms with Crippen LogP contribution in [0.1, 0.15) is 26.8 Å². The van der Waals surface area contributed by atoms with E-state index in [-0.39, 0.29) is 5.69 Å². The van der Waals surface area contributed by atoms with Crippen molar-refractivity contribution in [3.05, 3.63) is 63.2 Å². The van der Waals surface area contributed by atoms with Crippen LogP contribution >= 0.6 is 11.3 Å². The van der Waals surface area contributed by atoms with Crippen molar-refractivity contribution in [3.8, 4) is 11.1 Å². The van der Waals surface area contributed by atoms with Gasteiger partial charge in [-0.15, -0.1) is 11.3 Å². The van der Waals surface area contributed by atoms with E-state index in [2.05, 4.69) is 15.3 Å². The molecular formula is C18H15F2N3OS. The SMILES string of the molecule is Cc1cc(-c2cc(F)cc(F)c2)c(C)c(C(=O)Nc2csc(C)n2)n1. The number of halogens is 2. The highest BCUT2D eigenvalue weighted by atomic mass is 32.1. The lowest BCUT2D eigenvalue weighted by Crippen LogP contribution is -2.16. The lowest BCUT2D eigenvalue weighted by molar-refractivity contribution is 0.102. The Kier molecular flexibility index (Phi) is 4.59. The smallest absolute Gasteiger partial charge is 0.275 e. The molecular weight excluding hydrogens is 344 g/mol. The van der Waals surface area contributed by atoms with E-state index in [0.717, 1.165) is 11.1 Å². The molecule has 0 radical (unpaired) electrons. The number of amides is 1. The van der Waals surface area contributed by atoms with Gasteiger partial charge in [0.05, 0.1) is 5.01 Å². The number of benzene rings is 1. The first-order valence-electron chi connectivity index (χ1n) is 7.51. The van der Waals surface area contributed by atoms with Crippen molar-refractivity contribution in [2.45, 2.75) is 20.8 Å². The van der Waals surface area contributed by atoms with Crippen LogP contribution in [-0.4, -0.2) is 15.9 Å². The molecule has 1 amide bonds. The number of thiazole rings is 1. The van der Waals surface area contributed by atoms with E-state index in [0.29, 0.717) is 28.2 Å². The molecule has 0 saturated heterocycles. The van der Waals surface area contributed by atoms with Crippen molar-refractivity contribution in [1.29, 1.82) is 0 Å². The van der Waals surface area contributed by atoms with Gasteiger partial charge in [-0.05, 0) is 55.7 Å². The van der Waals surface area contributed by atoms with Crippen LogP contribution in [0, 0.1) is 32.4 Å². The van der Waals surface area contributed by atoms with Gasteiger partial charge >= 0.3 is 0 Å².